The fraction of sp³-hybridized carbons (Fsp3) is 0.214. The van der Waals surface area contributed by atoms with Crippen LogP contribution in [0.1, 0.15) is 18.5 Å². The lowest BCUT2D eigenvalue weighted by molar-refractivity contribution is 0.414. The van der Waals surface area contributed by atoms with Gasteiger partial charge in [0.2, 0.25) is 0 Å². The molecule has 2 aromatic rings. The van der Waals surface area contributed by atoms with Gasteiger partial charge in [0.05, 0.1) is 7.11 Å². The number of rotatable bonds is 5. The highest BCUT2D eigenvalue weighted by Gasteiger charge is 2.19. The Hall–Kier alpha value is -1.92. The van der Waals surface area contributed by atoms with Crippen LogP contribution in [-0.2, 0) is 10.0 Å². The summed E-state index contributed by atoms with van der Waals surface area (Å²) in [6, 6.07) is 11.7. The fourth-order valence-corrected chi connectivity index (χ4v) is 2.94. The minimum Gasteiger partial charge on any atom is -0.497 e. The number of methoxy groups -OCH3 is 1. The number of aromatic nitrogens is 1. The molecule has 1 N–H and O–H groups in total. The van der Waals surface area contributed by atoms with Crippen LogP contribution in [0.3, 0.4) is 0 Å². The molecule has 6 heteroatoms. The Morgan fingerprint density at radius 2 is 1.85 bits per heavy atom. The number of nitrogens with zero attached hydrogens (tertiary/aromatic N) is 1. The molecule has 1 unspecified atom stereocenters. The molecule has 0 saturated heterocycles. The van der Waals surface area contributed by atoms with Crippen molar-refractivity contribution in [2.24, 2.45) is 0 Å². The topological polar surface area (TPSA) is 68.3 Å². The molecule has 0 spiro atoms. The number of hydrogen-bond acceptors (Lipinski definition) is 4. The van der Waals surface area contributed by atoms with Crippen molar-refractivity contribution in [1.82, 2.24) is 9.71 Å². The molecule has 1 aromatic heterocycles. The molecule has 0 radical (unpaired) electrons. The van der Waals surface area contributed by atoms with Gasteiger partial charge in [0, 0.05) is 12.2 Å². The first-order valence-electron chi connectivity index (χ1n) is 6.10. The summed E-state index contributed by atoms with van der Waals surface area (Å²) >= 11 is 0. The lowest BCUT2D eigenvalue weighted by atomic mass is 10.1. The van der Waals surface area contributed by atoms with E-state index in [1.54, 1.807) is 38.3 Å². The van der Waals surface area contributed by atoms with E-state index in [1.807, 2.05) is 12.1 Å². The fourth-order valence-electron chi connectivity index (χ4n) is 1.76. The number of sulfonamides is 1. The predicted octanol–water partition coefficient (Wildman–Crippen LogP) is 2.13. The van der Waals surface area contributed by atoms with Gasteiger partial charge >= 0.3 is 0 Å². The van der Waals surface area contributed by atoms with Gasteiger partial charge in [-0.05, 0) is 36.8 Å². The van der Waals surface area contributed by atoms with Crippen molar-refractivity contribution >= 4 is 10.0 Å². The minimum atomic E-state index is -3.62. The minimum absolute atomic E-state index is 0.0142. The van der Waals surface area contributed by atoms with Crippen LogP contribution in [0.2, 0.25) is 0 Å². The molecule has 0 aliphatic rings. The van der Waals surface area contributed by atoms with Crippen LogP contribution in [-0.4, -0.2) is 20.5 Å². The van der Waals surface area contributed by atoms with Crippen LogP contribution in [0.5, 0.6) is 5.75 Å². The molecule has 0 saturated carbocycles. The van der Waals surface area contributed by atoms with Crippen LogP contribution in [0.15, 0.2) is 53.7 Å². The summed E-state index contributed by atoms with van der Waals surface area (Å²) in [5, 5.41) is 0.0142. The van der Waals surface area contributed by atoms with E-state index in [0.29, 0.717) is 0 Å². The van der Waals surface area contributed by atoms with Gasteiger partial charge in [0.15, 0.2) is 5.03 Å². The van der Waals surface area contributed by atoms with E-state index in [4.69, 9.17) is 4.74 Å². The maximum atomic E-state index is 12.1. The summed E-state index contributed by atoms with van der Waals surface area (Å²) < 4.78 is 31.9. The molecule has 1 atom stereocenters. The predicted molar refractivity (Wildman–Crippen MR) is 76.0 cm³/mol. The third kappa shape index (κ3) is 3.34. The summed E-state index contributed by atoms with van der Waals surface area (Å²) in [6.07, 6.45) is 1.45. The molecule has 20 heavy (non-hydrogen) atoms. The summed E-state index contributed by atoms with van der Waals surface area (Å²) in [4.78, 5) is 3.85. The third-order valence-corrected chi connectivity index (χ3v) is 4.32. The number of pyridine rings is 1. The highest BCUT2D eigenvalue weighted by Crippen LogP contribution is 2.19. The lowest BCUT2D eigenvalue weighted by Gasteiger charge is -2.14. The Labute approximate surface area is 118 Å². The lowest BCUT2D eigenvalue weighted by Crippen LogP contribution is -2.27. The molecular weight excluding hydrogens is 276 g/mol. The normalized spacial score (nSPS) is 12.9. The first kappa shape index (κ1) is 14.5. The molecule has 0 aliphatic carbocycles. The van der Waals surface area contributed by atoms with Crippen LogP contribution < -0.4 is 9.46 Å². The monoisotopic (exact) mass is 292 g/mol. The largest absolute Gasteiger partial charge is 0.497 e. The molecule has 1 aromatic carbocycles. The van der Waals surface area contributed by atoms with E-state index in [0.717, 1.165) is 11.3 Å². The Balaban J connectivity index is 2.16. The summed E-state index contributed by atoms with van der Waals surface area (Å²) in [7, 11) is -2.03. The molecule has 0 aliphatic heterocycles. The SMILES string of the molecule is COc1ccc(C(C)NS(=O)(=O)c2ccccn2)cc1. The van der Waals surface area contributed by atoms with E-state index < -0.39 is 10.0 Å². The second-order valence-corrected chi connectivity index (χ2v) is 5.94. The maximum Gasteiger partial charge on any atom is 0.258 e. The second kappa shape index (κ2) is 6.02. The number of benzene rings is 1. The van der Waals surface area contributed by atoms with E-state index in [9.17, 15) is 8.42 Å². The molecular formula is C14H16N2O3S. The highest BCUT2D eigenvalue weighted by molar-refractivity contribution is 7.89. The summed E-state index contributed by atoms with van der Waals surface area (Å²) in [5.74, 6) is 0.730. The van der Waals surface area contributed by atoms with Crippen molar-refractivity contribution in [3.8, 4) is 5.75 Å². The van der Waals surface area contributed by atoms with Gasteiger partial charge in [-0.15, -0.1) is 0 Å². The molecule has 1 heterocycles. The first-order valence-corrected chi connectivity index (χ1v) is 7.58. The average Bonchev–Trinajstić information content (AvgIpc) is 2.48. The Bertz CT molecular complexity index is 655. The van der Waals surface area contributed by atoms with Crippen LogP contribution in [0.25, 0.3) is 0 Å². The van der Waals surface area contributed by atoms with Crippen molar-refractivity contribution in [1.29, 1.82) is 0 Å². The highest BCUT2D eigenvalue weighted by atomic mass is 32.2. The standard InChI is InChI=1S/C14H16N2O3S/c1-11(12-6-8-13(19-2)9-7-12)16-20(17,18)14-5-3-4-10-15-14/h3-11,16H,1-2H3. The number of nitrogens with one attached hydrogen (secondary N) is 1. The van der Waals surface area contributed by atoms with Gasteiger partial charge in [-0.25, -0.2) is 18.1 Å². The molecule has 5 nitrogen and oxygen atoms in total. The Morgan fingerprint density at radius 1 is 1.15 bits per heavy atom. The zero-order valence-corrected chi connectivity index (χ0v) is 12.1. The van der Waals surface area contributed by atoms with E-state index in [2.05, 4.69) is 9.71 Å². The quantitative estimate of drug-likeness (QED) is 0.916. The Morgan fingerprint density at radius 3 is 2.40 bits per heavy atom. The zero-order valence-electron chi connectivity index (χ0n) is 11.3. The molecule has 0 bridgehead atoms. The molecule has 0 amide bonds. The van der Waals surface area contributed by atoms with Crippen molar-refractivity contribution in [2.75, 3.05) is 7.11 Å². The van der Waals surface area contributed by atoms with Gasteiger partial charge in [0.25, 0.3) is 10.0 Å². The van der Waals surface area contributed by atoms with E-state index in [-0.39, 0.29) is 11.1 Å². The van der Waals surface area contributed by atoms with Crippen molar-refractivity contribution < 1.29 is 13.2 Å². The van der Waals surface area contributed by atoms with Gasteiger partial charge in [-0.3, -0.25) is 0 Å². The van der Waals surface area contributed by atoms with Crippen LogP contribution in [0.4, 0.5) is 0 Å². The van der Waals surface area contributed by atoms with E-state index >= 15 is 0 Å². The van der Waals surface area contributed by atoms with Crippen molar-refractivity contribution in [3.63, 3.8) is 0 Å². The molecule has 2 rings (SSSR count). The third-order valence-electron chi connectivity index (χ3n) is 2.86. The maximum absolute atomic E-state index is 12.1. The van der Waals surface area contributed by atoms with Gasteiger partial charge in [0.1, 0.15) is 5.75 Å². The van der Waals surface area contributed by atoms with Crippen LogP contribution >= 0.6 is 0 Å². The van der Waals surface area contributed by atoms with Crippen molar-refractivity contribution in [3.05, 3.63) is 54.2 Å². The number of hydrogen-bond donors (Lipinski definition) is 1. The summed E-state index contributed by atoms with van der Waals surface area (Å²) in [6.45, 7) is 1.78. The summed E-state index contributed by atoms with van der Waals surface area (Å²) in [5.41, 5.74) is 0.852. The van der Waals surface area contributed by atoms with Crippen molar-refractivity contribution in [2.45, 2.75) is 18.0 Å². The Kier molecular flexibility index (Phi) is 4.36. The molecule has 0 fully saturated rings. The average molecular weight is 292 g/mol. The smallest absolute Gasteiger partial charge is 0.258 e. The van der Waals surface area contributed by atoms with Gasteiger partial charge in [-0.2, -0.15) is 0 Å². The zero-order chi connectivity index (χ0) is 14.6. The van der Waals surface area contributed by atoms with E-state index in [1.165, 1.54) is 12.3 Å². The number of ether oxygens (including phenoxy) is 1. The molecule has 106 valence electrons. The first-order chi connectivity index (χ1) is 9.53. The van der Waals surface area contributed by atoms with Crippen LogP contribution in [0, 0.1) is 0 Å². The van der Waals surface area contributed by atoms with Gasteiger partial charge in [-0.1, -0.05) is 18.2 Å². The van der Waals surface area contributed by atoms with Gasteiger partial charge < -0.3 is 4.74 Å². The second-order valence-electron chi connectivity index (χ2n) is 4.28.